The van der Waals surface area contributed by atoms with Crippen LogP contribution in [-0.2, 0) is 6.42 Å². The molecule has 94 valence electrons. The van der Waals surface area contributed by atoms with Gasteiger partial charge in [-0.3, -0.25) is 4.98 Å². The van der Waals surface area contributed by atoms with Crippen molar-refractivity contribution in [1.82, 2.24) is 4.98 Å². The predicted octanol–water partition coefficient (Wildman–Crippen LogP) is 3.29. The number of halogens is 3. The summed E-state index contributed by atoms with van der Waals surface area (Å²) in [5, 5.41) is 10.2. The number of pyridine rings is 1. The first-order chi connectivity index (χ1) is 8.56. The first-order valence-corrected chi connectivity index (χ1v) is 5.67. The molecule has 1 heterocycles. The van der Waals surface area contributed by atoms with E-state index >= 15 is 0 Å². The maximum atomic E-state index is 13.5. The summed E-state index contributed by atoms with van der Waals surface area (Å²) in [6.07, 6.45) is 0.0829. The molecule has 1 aromatic carbocycles. The summed E-state index contributed by atoms with van der Waals surface area (Å²) in [4.78, 5) is 3.75. The molecule has 1 N–H and O–H groups in total. The Bertz CT molecular complexity index is 545. The zero-order chi connectivity index (χ0) is 13.1. The molecule has 0 aliphatic heterocycles. The van der Waals surface area contributed by atoms with Crippen LogP contribution in [0.4, 0.5) is 8.78 Å². The van der Waals surface area contributed by atoms with Crippen molar-refractivity contribution in [3.8, 4) is 0 Å². The van der Waals surface area contributed by atoms with Gasteiger partial charge in [0.25, 0.3) is 0 Å². The monoisotopic (exact) mass is 269 g/mol. The van der Waals surface area contributed by atoms with Crippen LogP contribution >= 0.6 is 11.6 Å². The van der Waals surface area contributed by atoms with Gasteiger partial charge in [0.2, 0.25) is 0 Å². The molecule has 0 amide bonds. The molecule has 0 saturated carbocycles. The highest BCUT2D eigenvalue weighted by atomic mass is 35.5. The minimum absolute atomic E-state index is 0.0572. The highest BCUT2D eigenvalue weighted by molar-refractivity contribution is 6.30. The second-order valence-corrected chi connectivity index (χ2v) is 4.29. The molecule has 0 radical (unpaired) electrons. The van der Waals surface area contributed by atoms with E-state index in [0.29, 0.717) is 16.3 Å². The molecule has 1 aromatic heterocycles. The normalized spacial score (nSPS) is 12.4. The van der Waals surface area contributed by atoms with E-state index in [2.05, 4.69) is 4.98 Å². The van der Waals surface area contributed by atoms with E-state index in [1.807, 2.05) is 0 Å². The number of nitrogens with zero attached hydrogens (tertiary/aromatic N) is 1. The predicted molar refractivity (Wildman–Crippen MR) is 64.3 cm³/mol. The Hall–Kier alpha value is -1.52. The van der Waals surface area contributed by atoms with Crippen LogP contribution in [0.1, 0.15) is 17.4 Å². The van der Waals surface area contributed by atoms with Gasteiger partial charge in [0.05, 0.1) is 11.9 Å². The van der Waals surface area contributed by atoms with E-state index < -0.39 is 17.7 Å². The van der Waals surface area contributed by atoms with E-state index in [-0.39, 0.29) is 6.42 Å². The lowest BCUT2D eigenvalue weighted by atomic mass is 10.0. The molecule has 1 atom stereocenters. The number of aliphatic hydroxyl groups excluding tert-OH is 1. The number of hydrogen-bond donors (Lipinski definition) is 1. The molecule has 2 rings (SSSR count). The summed E-state index contributed by atoms with van der Waals surface area (Å²) < 4.78 is 26.2. The number of hydrogen-bond acceptors (Lipinski definition) is 2. The number of benzene rings is 1. The molecule has 2 nitrogen and oxygen atoms in total. The van der Waals surface area contributed by atoms with Crippen molar-refractivity contribution in [2.24, 2.45) is 0 Å². The molecule has 0 spiro atoms. The summed E-state index contributed by atoms with van der Waals surface area (Å²) in [6, 6.07) is 6.80. The molecule has 0 fully saturated rings. The van der Waals surface area contributed by atoms with Crippen molar-refractivity contribution in [2.45, 2.75) is 12.5 Å². The van der Waals surface area contributed by atoms with Crippen LogP contribution < -0.4 is 0 Å². The lowest BCUT2D eigenvalue weighted by Gasteiger charge is -2.10. The molecule has 1 unspecified atom stereocenters. The van der Waals surface area contributed by atoms with Gasteiger partial charge in [-0.1, -0.05) is 17.7 Å². The molecule has 0 aliphatic rings. The molecule has 2 aromatic rings. The SMILES string of the molecule is OC(Cc1ccc(Cl)cc1F)c1ccc(F)cn1. The van der Waals surface area contributed by atoms with Crippen LogP contribution in [0.25, 0.3) is 0 Å². The van der Waals surface area contributed by atoms with Crippen LogP contribution in [-0.4, -0.2) is 10.1 Å². The third-order valence-corrected chi connectivity index (χ3v) is 2.76. The Morgan fingerprint density at radius 2 is 2.00 bits per heavy atom. The van der Waals surface area contributed by atoms with Crippen molar-refractivity contribution in [3.63, 3.8) is 0 Å². The molecule has 0 saturated heterocycles. The first kappa shape index (κ1) is 12.9. The minimum Gasteiger partial charge on any atom is -0.386 e. The Morgan fingerprint density at radius 3 is 2.61 bits per heavy atom. The molecule has 5 heteroatoms. The van der Waals surface area contributed by atoms with Crippen LogP contribution in [0.5, 0.6) is 0 Å². The van der Waals surface area contributed by atoms with Gasteiger partial charge in [-0.15, -0.1) is 0 Å². The second-order valence-electron chi connectivity index (χ2n) is 3.86. The summed E-state index contributed by atoms with van der Waals surface area (Å²) >= 11 is 5.63. The third-order valence-electron chi connectivity index (χ3n) is 2.52. The van der Waals surface area contributed by atoms with Crippen LogP contribution in [0.3, 0.4) is 0 Å². The maximum Gasteiger partial charge on any atom is 0.141 e. The lowest BCUT2D eigenvalue weighted by molar-refractivity contribution is 0.172. The van der Waals surface area contributed by atoms with Gasteiger partial charge in [0, 0.05) is 11.4 Å². The second kappa shape index (κ2) is 5.42. The Kier molecular flexibility index (Phi) is 3.89. The standard InChI is InChI=1S/C13H10ClF2NO/c14-9-2-1-8(11(16)6-9)5-13(18)12-4-3-10(15)7-17-12/h1-4,6-7,13,18H,5H2. The average Bonchev–Trinajstić information content (AvgIpc) is 2.33. The van der Waals surface area contributed by atoms with E-state index in [9.17, 15) is 13.9 Å². The topological polar surface area (TPSA) is 33.1 Å². The largest absolute Gasteiger partial charge is 0.386 e. The highest BCUT2D eigenvalue weighted by Crippen LogP contribution is 2.21. The number of rotatable bonds is 3. The van der Waals surface area contributed by atoms with Gasteiger partial charge < -0.3 is 5.11 Å². The summed E-state index contributed by atoms with van der Waals surface area (Å²) in [6.45, 7) is 0. The number of aliphatic hydroxyl groups is 1. The minimum atomic E-state index is -0.985. The lowest BCUT2D eigenvalue weighted by Crippen LogP contribution is -2.05. The molecule has 18 heavy (non-hydrogen) atoms. The zero-order valence-electron chi connectivity index (χ0n) is 9.28. The van der Waals surface area contributed by atoms with Gasteiger partial charge in [-0.25, -0.2) is 8.78 Å². The Labute approximate surface area is 108 Å². The summed E-state index contributed by atoms with van der Waals surface area (Å²) in [5.41, 5.74) is 0.628. The summed E-state index contributed by atoms with van der Waals surface area (Å²) in [7, 11) is 0. The Balaban J connectivity index is 2.15. The van der Waals surface area contributed by atoms with E-state index in [4.69, 9.17) is 11.6 Å². The maximum absolute atomic E-state index is 13.5. The van der Waals surface area contributed by atoms with Crippen LogP contribution in [0.2, 0.25) is 5.02 Å². The van der Waals surface area contributed by atoms with E-state index in [1.165, 1.54) is 24.3 Å². The van der Waals surface area contributed by atoms with Crippen molar-refractivity contribution in [1.29, 1.82) is 0 Å². The molecule has 0 bridgehead atoms. The van der Waals surface area contributed by atoms with Gasteiger partial charge in [-0.05, 0) is 29.8 Å². The zero-order valence-corrected chi connectivity index (χ0v) is 10.0. The number of aromatic nitrogens is 1. The molecular formula is C13H10ClF2NO. The average molecular weight is 270 g/mol. The van der Waals surface area contributed by atoms with Crippen molar-refractivity contribution < 1.29 is 13.9 Å². The fourth-order valence-corrected chi connectivity index (χ4v) is 1.74. The smallest absolute Gasteiger partial charge is 0.141 e. The van der Waals surface area contributed by atoms with Crippen molar-refractivity contribution in [3.05, 3.63) is 64.4 Å². The van der Waals surface area contributed by atoms with Gasteiger partial charge in [0.1, 0.15) is 17.7 Å². The fraction of sp³-hybridized carbons (Fsp3) is 0.154. The summed E-state index contributed by atoms with van der Waals surface area (Å²) in [5.74, 6) is -0.965. The van der Waals surface area contributed by atoms with Crippen LogP contribution in [0.15, 0.2) is 36.5 Å². The van der Waals surface area contributed by atoms with Gasteiger partial charge >= 0.3 is 0 Å². The van der Waals surface area contributed by atoms with Crippen molar-refractivity contribution in [2.75, 3.05) is 0 Å². The van der Waals surface area contributed by atoms with Gasteiger partial charge in [-0.2, -0.15) is 0 Å². The van der Waals surface area contributed by atoms with Crippen LogP contribution in [0, 0.1) is 11.6 Å². The van der Waals surface area contributed by atoms with Crippen molar-refractivity contribution >= 4 is 11.6 Å². The highest BCUT2D eigenvalue weighted by Gasteiger charge is 2.13. The van der Waals surface area contributed by atoms with Gasteiger partial charge in [0.15, 0.2) is 0 Å². The molecular weight excluding hydrogens is 260 g/mol. The molecule has 0 aliphatic carbocycles. The van der Waals surface area contributed by atoms with E-state index in [1.54, 1.807) is 6.07 Å². The van der Waals surface area contributed by atoms with E-state index in [0.717, 1.165) is 6.20 Å². The quantitative estimate of drug-likeness (QED) is 0.927. The third kappa shape index (κ3) is 3.03. The fourth-order valence-electron chi connectivity index (χ4n) is 1.58. The first-order valence-electron chi connectivity index (χ1n) is 5.29. The Morgan fingerprint density at radius 1 is 1.22 bits per heavy atom.